The summed E-state index contributed by atoms with van der Waals surface area (Å²) in [7, 11) is 0. The summed E-state index contributed by atoms with van der Waals surface area (Å²) in [5.74, 6) is 0. The van der Waals surface area contributed by atoms with Gasteiger partial charge in [-0.2, -0.15) is 0 Å². The van der Waals surface area contributed by atoms with Crippen LogP contribution in [0.4, 0.5) is 0 Å². The average molecular weight is 154 g/mol. The second-order valence-corrected chi connectivity index (χ2v) is 2.88. The normalized spacial score (nSPS) is 8.92. The van der Waals surface area contributed by atoms with Gasteiger partial charge in [-0.3, -0.25) is 0 Å². The molecule has 0 spiro atoms. The Morgan fingerprint density at radius 3 is 1.83 bits per heavy atom. The number of benzene rings is 1. The van der Waals surface area contributed by atoms with Gasteiger partial charge in [0.2, 0.25) is 0 Å². The number of carbonyl (C=O) groups excluding carboxylic acids is 1. The van der Waals surface area contributed by atoms with E-state index in [9.17, 15) is 4.79 Å². The van der Waals surface area contributed by atoms with E-state index in [0.717, 1.165) is 11.1 Å². The number of hydrogen-bond donors (Lipinski definition) is 0. The molecule has 0 N–H and O–H groups in total. The predicted octanol–water partition coefficient (Wildman–Crippen LogP) is -0.926. The molecule has 0 aromatic heterocycles. The van der Waals surface area contributed by atoms with Gasteiger partial charge in [0.25, 0.3) is 0 Å². The summed E-state index contributed by atoms with van der Waals surface area (Å²) in [6, 6.07) is 3.99. The van der Waals surface area contributed by atoms with Crippen molar-refractivity contribution >= 4 is 6.29 Å². The van der Waals surface area contributed by atoms with E-state index in [0.29, 0.717) is 5.56 Å². The Labute approximate surface area is 85.4 Å². The molecule has 0 radical (unpaired) electrons. The van der Waals surface area contributed by atoms with Crippen molar-refractivity contribution < 1.29 is 23.7 Å². The molecule has 0 heterocycles. The zero-order valence-electron chi connectivity index (χ0n) is 8.06. The van der Waals surface area contributed by atoms with Crippen LogP contribution < -0.4 is 18.9 Å². The van der Waals surface area contributed by atoms with Gasteiger partial charge in [0.1, 0.15) is 0 Å². The Hall–Kier alpha value is -0.513. The summed E-state index contributed by atoms with van der Waals surface area (Å²) in [6.45, 7) is 5.88. The van der Waals surface area contributed by atoms with Crippen LogP contribution in [0.25, 0.3) is 0 Å². The molecule has 0 bridgehead atoms. The first-order chi connectivity index (χ1) is 5.15. The summed E-state index contributed by atoms with van der Waals surface area (Å²) in [5, 5.41) is 0. The van der Waals surface area contributed by atoms with Crippen molar-refractivity contribution in [2.45, 2.75) is 20.8 Å². The molecular weight excluding hydrogens is 143 g/mol. The standard InChI is InChI=1S/C10H11O.Li/c1-7-4-8(2)10(6-11)9(3)5-7;/h4-5H,1-3H3;/q-1;+1. The van der Waals surface area contributed by atoms with Crippen LogP contribution in [-0.2, 0) is 4.79 Å². The van der Waals surface area contributed by atoms with Gasteiger partial charge in [-0.05, 0) is 6.92 Å². The van der Waals surface area contributed by atoms with Gasteiger partial charge >= 0.3 is 18.9 Å². The van der Waals surface area contributed by atoms with Crippen LogP contribution in [0.1, 0.15) is 22.3 Å². The fraction of sp³-hybridized carbons (Fsp3) is 0.300. The van der Waals surface area contributed by atoms with Crippen molar-refractivity contribution in [3.8, 4) is 0 Å². The molecule has 1 rings (SSSR count). The third-order valence-corrected chi connectivity index (χ3v) is 1.78. The number of hydrogen-bond acceptors (Lipinski definition) is 1. The van der Waals surface area contributed by atoms with Crippen LogP contribution >= 0.6 is 0 Å². The summed E-state index contributed by atoms with van der Waals surface area (Å²) in [5.41, 5.74) is 3.92. The summed E-state index contributed by atoms with van der Waals surface area (Å²) >= 11 is 0. The Morgan fingerprint density at radius 2 is 1.50 bits per heavy atom. The second-order valence-electron chi connectivity index (χ2n) is 2.88. The molecule has 1 aromatic rings. The van der Waals surface area contributed by atoms with Gasteiger partial charge in [0, 0.05) is 0 Å². The minimum atomic E-state index is 0. The summed E-state index contributed by atoms with van der Waals surface area (Å²) in [4.78, 5) is 10.4. The summed E-state index contributed by atoms with van der Waals surface area (Å²) < 4.78 is 0. The number of aryl methyl sites for hydroxylation is 3. The Kier molecular flexibility index (Phi) is 4.31. The van der Waals surface area contributed by atoms with Gasteiger partial charge in [0.15, 0.2) is 0 Å². The van der Waals surface area contributed by atoms with Gasteiger partial charge < -0.3 is 4.79 Å². The van der Waals surface area contributed by atoms with Crippen LogP contribution in [0.3, 0.4) is 0 Å². The van der Waals surface area contributed by atoms with Crippen LogP contribution in [0, 0.1) is 20.8 Å². The quantitative estimate of drug-likeness (QED) is 0.377. The monoisotopic (exact) mass is 154 g/mol. The van der Waals surface area contributed by atoms with Crippen molar-refractivity contribution in [2.24, 2.45) is 0 Å². The maximum atomic E-state index is 10.4. The number of rotatable bonds is 1. The molecule has 12 heavy (non-hydrogen) atoms. The van der Waals surface area contributed by atoms with E-state index in [1.165, 1.54) is 5.56 Å². The van der Waals surface area contributed by atoms with Crippen molar-refractivity contribution in [3.05, 3.63) is 34.4 Å². The maximum absolute atomic E-state index is 10.4. The van der Waals surface area contributed by atoms with E-state index in [-0.39, 0.29) is 18.9 Å². The fourth-order valence-electron chi connectivity index (χ4n) is 1.34. The predicted molar refractivity (Wildman–Crippen MR) is 45.4 cm³/mol. The third-order valence-electron chi connectivity index (χ3n) is 1.78. The van der Waals surface area contributed by atoms with Crippen molar-refractivity contribution in [2.75, 3.05) is 0 Å². The van der Waals surface area contributed by atoms with E-state index in [1.54, 1.807) is 0 Å². The molecule has 0 amide bonds. The van der Waals surface area contributed by atoms with Crippen LogP contribution in [0.15, 0.2) is 12.1 Å². The van der Waals surface area contributed by atoms with E-state index in [2.05, 4.69) is 0 Å². The third kappa shape index (κ3) is 2.23. The molecule has 0 atom stereocenters. The van der Waals surface area contributed by atoms with E-state index in [1.807, 2.05) is 39.2 Å². The van der Waals surface area contributed by atoms with Crippen LogP contribution in [0.5, 0.6) is 0 Å². The molecule has 0 saturated carbocycles. The Balaban J connectivity index is 0.00000121. The zero-order chi connectivity index (χ0) is 8.43. The molecule has 0 saturated heterocycles. The van der Waals surface area contributed by atoms with Crippen LogP contribution in [-0.4, -0.2) is 6.29 Å². The van der Waals surface area contributed by atoms with E-state index < -0.39 is 0 Å². The van der Waals surface area contributed by atoms with Crippen molar-refractivity contribution in [1.29, 1.82) is 0 Å². The molecule has 58 valence electrons. The smallest absolute Gasteiger partial charge is 0.376 e. The van der Waals surface area contributed by atoms with Crippen molar-refractivity contribution in [1.82, 2.24) is 0 Å². The molecule has 2 heteroatoms. The molecule has 0 aliphatic rings. The van der Waals surface area contributed by atoms with Crippen LogP contribution in [0.2, 0.25) is 0 Å². The van der Waals surface area contributed by atoms with Gasteiger partial charge in [-0.1, -0.05) is 19.4 Å². The topological polar surface area (TPSA) is 17.1 Å². The molecule has 0 aliphatic carbocycles. The minimum absolute atomic E-state index is 0. The van der Waals surface area contributed by atoms with Gasteiger partial charge in [-0.25, -0.2) is 0 Å². The Bertz CT molecular complexity index is 269. The summed E-state index contributed by atoms with van der Waals surface area (Å²) in [6.07, 6.45) is 1.94. The molecule has 1 aromatic carbocycles. The molecule has 0 fully saturated rings. The minimum Gasteiger partial charge on any atom is -0.376 e. The first-order valence-corrected chi connectivity index (χ1v) is 3.61. The molecule has 1 nitrogen and oxygen atoms in total. The van der Waals surface area contributed by atoms with E-state index >= 15 is 0 Å². The second kappa shape index (κ2) is 4.50. The SMILES string of the molecule is Cc1cc(C)c([C-]=O)c(C)c1.[Li+]. The Morgan fingerprint density at radius 1 is 1.08 bits per heavy atom. The van der Waals surface area contributed by atoms with E-state index in [4.69, 9.17) is 0 Å². The molecular formula is C10H11LiO. The molecule has 0 unspecified atom stereocenters. The van der Waals surface area contributed by atoms with Gasteiger partial charge in [-0.15, -0.1) is 28.8 Å². The van der Waals surface area contributed by atoms with Gasteiger partial charge in [0.05, 0.1) is 6.29 Å². The maximum Gasteiger partial charge on any atom is 1.00 e. The first-order valence-electron chi connectivity index (χ1n) is 3.61. The van der Waals surface area contributed by atoms with Crippen molar-refractivity contribution in [3.63, 3.8) is 0 Å². The molecule has 0 aliphatic heterocycles. The largest absolute Gasteiger partial charge is 1.00 e. The fourth-order valence-corrected chi connectivity index (χ4v) is 1.34. The zero-order valence-corrected chi connectivity index (χ0v) is 8.06. The first kappa shape index (κ1) is 11.5. The average Bonchev–Trinajstić information content (AvgIpc) is 1.85.